The third-order valence-electron chi connectivity index (χ3n) is 1.33. The van der Waals surface area contributed by atoms with Crippen LogP contribution in [0.15, 0.2) is 16.7 Å². The third kappa shape index (κ3) is 1.35. The van der Waals surface area contributed by atoms with E-state index >= 15 is 0 Å². The standard InChI is InChI=1S/C8H11O/c1-8(2,3)7-4-5-9-6-7/h4,6H,1-3H3. The fourth-order valence-electron chi connectivity index (χ4n) is 0.622. The van der Waals surface area contributed by atoms with Gasteiger partial charge in [0.15, 0.2) is 6.26 Å². The Balaban J connectivity index is 2.90. The second kappa shape index (κ2) is 1.90. The van der Waals surface area contributed by atoms with E-state index in [2.05, 4.69) is 27.0 Å². The van der Waals surface area contributed by atoms with Crippen molar-refractivity contribution in [2.75, 3.05) is 0 Å². The Morgan fingerprint density at radius 2 is 2.11 bits per heavy atom. The Morgan fingerprint density at radius 3 is 2.33 bits per heavy atom. The molecule has 9 heavy (non-hydrogen) atoms. The van der Waals surface area contributed by atoms with Gasteiger partial charge in [0.05, 0.1) is 6.26 Å². The topological polar surface area (TPSA) is 13.1 Å². The van der Waals surface area contributed by atoms with Crippen LogP contribution in [0, 0.1) is 6.26 Å². The quantitative estimate of drug-likeness (QED) is 0.516. The number of rotatable bonds is 0. The molecule has 1 heterocycles. The van der Waals surface area contributed by atoms with Crippen LogP contribution >= 0.6 is 0 Å². The molecule has 1 nitrogen and oxygen atoms in total. The maximum Gasteiger partial charge on any atom is 0.169 e. The molecule has 49 valence electrons. The molecule has 0 fully saturated rings. The lowest BCUT2D eigenvalue weighted by atomic mass is 9.89. The van der Waals surface area contributed by atoms with Crippen LogP contribution in [-0.2, 0) is 5.41 Å². The van der Waals surface area contributed by atoms with Gasteiger partial charge in [-0.2, -0.15) is 0 Å². The van der Waals surface area contributed by atoms with Crippen LogP contribution < -0.4 is 0 Å². The minimum atomic E-state index is 0.198. The van der Waals surface area contributed by atoms with Crippen LogP contribution in [0.2, 0.25) is 0 Å². The van der Waals surface area contributed by atoms with Gasteiger partial charge < -0.3 is 4.42 Å². The van der Waals surface area contributed by atoms with E-state index in [0.717, 1.165) is 0 Å². The smallest absolute Gasteiger partial charge is 0.169 e. The first-order chi connectivity index (χ1) is 4.11. The first-order valence-corrected chi connectivity index (χ1v) is 3.06. The predicted molar refractivity (Wildman–Crippen MR) is 36.2 cm³/mol. The summed E-state index contributed by atoms with van der Waals surface area (Å²) in [5.74, 6) is 0. The molecule has 0 spiro atoms. The van der Waals surface area contributed by atoms with Gasteiger partial charge in [-0.15, -0.1) is 0 Å². The molecule has 0 unspecified atom stereocenters. The van der Waals surface area contributed by atoms with E-state index in [1.165, 1.54) is 5.56 Å². The van der Waals surface area contributed by atoms with Crippen molar-refractivity contribution in [2.45, 2.75) is 26.2 Å². The molecule has 0 aliphatic rings. The maximum atomic E-state index is 4.82. The highest BCUT2D eigenvalue weighted by molar-refractivity contribution is 5.15. The van der Waals surface area contributed by atoms with Crippen molar-refractivity contribution in [3.05, 3.63) is 24.2 Å². The Kier molecular flexibility index (Phi) is 1.35. The third-order valence-corrected chi connectivity index (χ3v) is 1.33. The van der Waals surface area contributed by atoms with Crippen LogP contribution in [0.5, 0.6) is 0 Å². The Labute approximate surface area is 55.7 Å². The monoisotopic (exact) mass is 123 g/mol. The summed E-state index contributed by atoms with van der Waals surface area (Å²) in [6.07, 6.45) is 4.40. The second-order valence-corrected chi connectivity index (χ2v) is 3.20. The van der Waals surface area contributed by atoms with Crippen molar-refractivity contribution in [1.29, 1.82) is 0 Å². The zero-order valence-electron chi connectivity index (χ0n) is 6.06. The van der Waals surface area contributed by atoms with Gasteiger partial charge in [0.1, 0.15) is 0 Å². The zero-order valence-corrected chi connectivity index (χ0v) is 6.06. The number of hydrogen-bond acceptors (Lipinski definition) is 1. The van der Waals surface area contributed by atoms with Gasteiger partial charge in [0.25, 0.3) is 0 Å². The molecule has 1 aromatic rings. The lowest BCUT2D eigenvalue weighted by Gasteiger charge is -2.14. The molecule has 0 aliphatic heterocycles. The van der Waals surface area contributed by atoms with Crippen molar-refractivity contribution in [3.8, 4) is 0 Å². The second-order valence-electron chi connectivity index (χ2n) is 3.20. The van der Waals surface area contributed by atoms with E-state index < -0.39 is 0 Å². The van der Waals surface area contributed by atoms with Gasteiger partial charge >= 0.3 is 0 Å². The van der Waals surface area contributed by atoms with Crippen molar-refractivity contribution in [2.24, 2.45) is 0 Å². The van der Waals surface area contributed by atoms with Crippen LogP contribution in [0.3, 0.4) is 0 Å². The highest BCUT2D eigenvalue weighted by Gasteiger charge is 2.13. The molecule has 0 saturated carbocycles. The molecular formula is C8H11O. The van der Waals surface area contributed by atoms with Crippen LogP contribution in [0.25, 0.3) is 0 Å². The highest BCUT2D eigenvalue weighted by atomic mass is 16.3. The molecule has 1 radical (unpaired) electrons. The molecular weight excluding hydrogens is 112 g/mol. The van der Waals surface area contributed by atoms with Crippen molar-refractivity contribution >= 4 is 0 Å². The summed E-state index contributed by atoms with van der Waals surface area (Å²) in [4.78, 5) is 0. The van der Waals surface area contributed by atoms with Crippen LogP contribution in [-0.4, -0.2) is 0 Å². The molecule has 0 atom stereocenters. The highest BCUT2D eigenvalue weighted by Crippen LogP contribution is 2.21. The summed E-state index contributed by atoms with van der Waals surface area (Å²) >= 11 is 0. The normalized spacial score (nSPS) is 11.9. The fraction of sp³-hybridized carbons (Fsp3) is 0.500. The van der Waals surface area contributed by atoms with Gasteiger partial charge in [-0.25, -0.2) is 0 Å². The van der Waals surface area contributed by atoms with Gasteiger partial charge in [-0.3, -0.25) is 0 Å². The molecule has 1 rings (SSSR count). The first-order valence-electron chi connectivity index (χ1n) is 3.06. The Bertz CT molecular complexity index is 167. The average Bonchev–Trinajstić information content (AvgIpc) is 2.08. The lowest BCUT2D eigenvalue weighted by Crippen LogP contribution is -2.08. The summed E-state index contributed by atoms with van der Waals surface area (Å²) in [6, 6.07) is 1.88. The van der Waals surface area contributed by atoms with Gasteiger partial charge in [-0.1, -0.05) is 20.8 Å². The summed E-state index contributed by atoms with van der Waals surface area (Å²) in [5.41, 5.74) is 1.39. The molecule has 0 saturated heterocycles. The predicted octanol–water partition coefficient (Wildman–Crippen LogP) is 2.38. The van der Waals surface area contributed by atoms with E-state index in [4.69, 9.17) is 4.42 Å². The van der Waals surface area contributed by atoms with E-state index in [-0.39, 0.29) is 5.41 Å². The van der Waals surface area contributed by atoms with Crippen molar-refractivity contribution in [3.63, 3.8) is 0 Å². The van der Waals surface area contributed by atoms with E-state index in [9.17, 15) is 0 Å². The molecule has 1 heteroatoms. The molecule has 0 bridgehead atoms. The van der Waals surface area contributed by atoms with Gasteiger partial charge in [-0.05, 0) is 17.0 Å². The Hall–Kier alpha value is -0.720. The van der Waals surface area contributed by atoms with Crippen molar-refractivity contribution < 1.29 is 4.42 Å². The molecule has 0 N–H and O–H groups in total. The molecule has 0 aromatic carbocycles. The van der Waals surface area contributed by atoms with E-state index in [0.29, 0.717) is 0 Å². The summed E-state index contributed by atoms with van der Waals surface area (Å²) in [6.45, 7) is 6.43. The maximum absolute atomic E-state index is 4.82. The average molecular weight is 123 g/mol. The van der Waals surface area contributed by atoms with Gasteiger partial charge in [0, 0.05) is 0 Å². The van der Waals surface area contributed by atoms with Crippen LogP contribution in [0.1, 0.15) is 26.3 Å². The SMILES string of the molecule is CC(C)(C)c1c[c]oc1. The zero-order chi connectivity index (χ0) is 6.91. The molecule has 0 aliphatic carbocycles. The number of furan rings is 1. The molecule has 0 amide bonds. The Morgan fingerprint density at radius 1 is 1.44 bits per heavy atom. The minimum absolute atomic E-state index is 0.198. The van der Waals surface area contributed by atoms with E-state index in [1.54, 1.807) is 6.26 Å². The summed E-state index contributed by atoms with van der Waals surface area (Å²) in [5, 5.41) is 0. The molecule has 1 aromatic heterocycles. The number of hydrogen-bond donors (Lipinski definition) is 0. The first kappa shape index (κ1) is 6.40. The van der Waals surface area contributed by atoms with Gasteiger partial charge in [0.2, 0.25) is 0 Å². The van der Waals surface area contributed by atoms with E-state index in [1.807, 2.05) is 6.07 Å². The largest absolute Gasteiger partial charge is 0.461 e. The lowest BCUT2D eigenvalue weighted by molar-refractivity contribution is 0.532. The summed E-state index contributed by atoms with van der Waals surface area (Å²) in [7, 11) is 0. The van der Waals surface area contributed by atoms with Crippen LogP contribution in [0.4, 0.5) is 0 Å². The minimum Gasteiger partial charge on any atom is -0.461 e. The van der Waals surface area contributed by atoms with Crippen molar-refractivity contribution in [1.82, 2.24) is 0 Å². The fourth-order valence-corrected chi connectivity index (χ4v) is 0.622. The summed E-state index contributed by atoms with van der Waals surface area (Å²) < 4.78 is 4.82.